The maximum absolute atomic E-state index is 11.2. The van der Waals surface area contributed by atoms with Crippen LogP contribution in [0, 0.1) is 0 Å². The van der Waals surface area contributed by atoms with Crippen molar-refractivity contribution < 1.29 is 24.9 Å². The molecule has 3 N–H and O–H groups in total. The van der Waals surface area contributed by atoms with Crippen LogP contribution in [-0.2, 0) is 16.0 Å². The van der Waals surface area contributed by atoms with Crippen molar-refractivity contribution in [2.75, 3.05) is 13.2 Å². The zero-order valence-electron chi connectivity index (χ0n) is 10.1. The highest BCUT2D eigenvalue weighted by atomic mass is 16.5. The van der Waals surface area contributed by atoms with Gasteiger partial charge in [-0.25, -0.2) is 4.79 Å². The van der Waals surface area contributed by atoms with Gasteiger partial charge in [-0.15, -0.1) is 0 Å². The topological polar surface area (TPSA) is 87.0 Å². The Balaban J connectivity index is 2.82. The molecule has 0 radical (unpaired) electrons. The molecule has 0 saturated carbocycles. The Morgan fingerprint density at radius 3 is 2.67 bits per heavy atom. The van der Waals surface area contributed by atoms with Gasteiger partial charge in [0.1, 0.15) is 11.5 Å². The second-order valence-electron chi connectivity index (χ2n) is 3.70. The molecule has 5 heteroatoms. The highest BCUT2D eigenvalue weighted by molar-refractivity contribution is 5.82. The Bertz CT molecular complexity index is 451. The summed E-state index contributed by atoms with van der Waals surface area (Å²) in [5.41, 5.74) is 0.937. The van der Waals surface area contributed by atoms with Crippen LogP contribution >= 0.6 is 0 Å². The first-order valence-electron chi connectivity index (χ1n) is 5.54. The number of phenolic OH excluding ortho intramolecular Hbond substituents is 2. The van der Waals surface area contributed by atoms with Gasteiger partial charge in [0.25, 0.3) is 0 Å². The SMILES string of the molecule is CCOC(=O)/C=C(/CO)Cc1ccc(O)cc1O. The molecule has 0 bridgehead atoms. The molecule has 0 unspecified atom stereocenters. The summed E-state index contributed by atoms with van der Waals surface area (Å²) in [6.07, 6.45) is 1.41. The predicted molar refractivity (Wildman–Crippen MR) is 65.3 cm³/mol. The molecule has 0 aromatic heterocycles. The van der Waals surface area contributed by atoms with E-state index in [1.54, 1.807) is 6.92 Å². The van der Waals surface area contributed by atoms with Crippen molar-refractivity contribution in [3.05, 3.63) is 35.4 Å². The van der Waals surface area contributed by atoms with Crippen LogP contribution in [0.1, 0.15) is 12.5 Å². The molecular weight excluding hydrogens is 236 g/mol. The fraction of sp³-hybridized carbons (Fsp3) is 0.308. The van der Waals surface area contributed by atoms with E-state index in [4.69, 9.17) is 14.9 Å². The van der Waals surface area contributed by atoms with Gasteiger partial charge in [0, 0.05) is 12.1 Å². The lowest BCUT2D eigenvalue weighted by molar-refractivity contribution is -0.137. The number of hydrogen-bond donors (Lipinski definition) is 3. The van der Waals surface area contributed by atoms with Gasteiger partial charge >= 0.3 is 5.97 Å². The first-order chi connectivity index (χ1) is 8.56. The number of phenols is 2. The number of benzene rings is 1. The fourth-order valence-electron chi connectivity index (χ4n) is 1.45. The normalized spacial score (nSPS) is 11.3. The second-order valence-corrected chi connectivity index (χ2v) is 3.70. The lowest BCUT2D eigenvalue weighted by atomic mass is 10.0. The minimum absolute atomic E-state index is 0.0452. The van der Waals surface area contributed by atoms with Crippen LogP contribution in [0.3, 0.4) is 0 Å². The number of aliphatic hydroxyl groups excluding tert-OH is 1. The number of hydrogen-bond acceptors (Lipinski definition) is 5. The van der Waals surface area contributed by atoms with E-state index in [1.807, 2.05) is 0 Å². The largest absolute Gasteiger partial charge is 0.508 e. The molecule has 0 aliphatic rings. The molecule has 0 heterocycles. The highest BCUT2D eigenvalue weighted by Gasteiger charge is 2.07. The highest BCUT2D eigenvalue weighted by Crippen LogP contribution is 2.24. The van der Waals surface area contributed by atoms with Gasteiger partial charge in [0.2, 0.25) is 0 Å². The summed E-state index contributed by atoms with van der Waals surface area (Å²) >= 11 is 0. The van der Waals surface area contributed by atoms with E-state index in [2.05, 4.69) is 0 Å². The molecule has 18 heavy (non-hydrogen) atoms. The third kappa shape index (κ3) is 4.10. The summed E-state index contributed by atoms with van der Waals surface area (Å²) in [5.74, 6) is -0.658. The van der Waals surface area contributed by atoms with Crippen LogP contribution in [0.2, 0.25) is 0 Å². The molecule has 1 aromatic carbocycles. The number of esters is 1. The zero-order chi connectivity index (χ0) is 13.5. The van der Waals surface area contributed by atoms with Crippen LogP contribution in [0.4, 0.5) is 0 Å². The number of carbonyl (C=O) groups excluding carboxylic acids is 1. The lowest BCUT2D eigenvalue weighted by Crippen LogP contribution is -2.05. The molecule has 0 aliphatic heterocycles. The average Bonchev–Trinajstić information content (AvgIpc) is 2.31. The molecule has 5 nitrogen and oxygen atoms in total. The van der Waals surface area contributed by atoms with E-state index in [9.17, 15) is 9.90 Å². The van der Waals surface area contributed by atoms with Crippen molar-refractivity contribution in [2.24, 2.45) is 0 Å². The summed E-state index contributed by atoms with van der Waals surface area (Å²) in [5, 5.41) is 27.9. The predicted octanol–water partition coefficient (Wildman–Crippen LogP) is 1.12. The van der Waals surface area contributed by atoms with Gasteiger partial charge in [-0.1, -0.05) is 6.07 Å². The summed E-state index contributed by atoms with van der Waals surface area (Å²) in [6, 6.07) is 4.16. The van der Waals surface area contributed by atoms with E-state index in [1.165, 1.54) is 24.3 Å². The Morgan fingerprint density at radius 2 is 2.11 bits per heavy atom. The minimum atomic E-state index is -0.528. The summed E-state index contributed by atoms with van der Waals surface area (Å²) in [4.78, 5) is 11.2. The third-order valence-electron chi connectivity index (χ3n) is 2.30. The maximum Gasteiger partial charge on any atom is 0.330 e. The zero-order valence-corrected chi connectivity index (χ0v) is 10.1. The molecule has 0 amide bonds. The minimum Gasteiger partial charge on any atom is -0.508 e. The molecule has 1 rings (SSSR count). The standard InChI is InChI=1S/C13H16O5/c1-2-18-13(17)6-9(8-14)5-10-3-4-11(15)7-12(10)16/h3-4,6-7,14-16H,2,5,8H2,1H3/b9-6+. The fourth-order valence-corrected chi connectivity index (χ4v) is 1.45. The third-order valence-corrected chi connectivity index (χ3v) is 2.30. The van der Waals surface area contributed by atoms with Crippen LogP contribution < -0.4 is 0 Å². The molecule has 0 spiro atoms. The van der Waals surface area contributed by atoms with Crippen molar-refractivity contribution in [3.63, 3.8) is 0 Å². The Hall–Kier alpha value is -2.01. The van der Waals surface area contributed by atoms with Crippen molar-refractivity contribution in [2.45, 2.75) is 13.3 Å². The van der Waals surface area contributed by atoms with Crippen molar-refractivity contribution in [3.8, 4) is 11.5 Å². The quantitative estimate of drug-likeness (QED) is 0.540. The molecule has 0 atom stereocenters. The van der Waals surface area contributed by atoms with E-state index >= 15 is 0 Å². The average molecular weight is 252 g/mol. The lowest BCUT2D eigenvalue weighted by Gasteiger charge is -2.07. The first-order valence-corrected chi connectivity index (χ1v) is 5.54. The number of ether oxygens (including phenoxy) is 1. The molecule has 0 fully saturated rings. The Kier molecular flexibility index (Phi) is 5.20. The molecule has 1 aromatic rings. The molecule has 0 aliphatic carbocycles. The van der Waals surface area contributed by atoms with E-state index in [0.717, 1.165) is 0 Å². The summed E-state index contributed by atoms with van der Waals surface area (Å²) in [7, 11) is 0. The number of rotatable bonds is 5. The summed E-state index contributed by atoms with van der Waals surface area (Å²) in [6.45, 7) is 1.65. The van der Waals surface area contributed by atoms with Crippen LogP contribution in [-0.4, -0.2) is 34.5 Å². The van der Waals surface area contributed by atoms with Gasteiger partial charge in [0.05, 0.1) is 13.2 Å². The van der Waals surface area contributed by atoms with Gasteiger partial charge in [-0.2, -0.15) is 0 Å². The Labute approximate surface area is 105 Å². The van der Waals surface area contributed by atoms with Crippen molar-refractivity contribution >= 4 is 5.97 Å². The number of aromatic hydroxyl groups is 2. The van der Waals surface area contributed by atoms with Crippen LogP contribution in [0.25, 0.3) is 0 Å². The number of aliphatic hydroxyl groups is 1. The van der Waals surface area contributed by atoms with Gasteiger partial charge < -0.3 is 20.1 Å². The van der Waals surface area contributed by atoms with Crippen LogP contribution in [0.5, 0.6) is 11.5 Å². The smallest absolute Gasteiger partial charge is 0.330 e. The second kappa shape index (κ2) is 6.66. The molecule has 98 valence electrons. The van der Waals surface area contributed by atoms with E-state index < -0.39 is 5.97 Å². The van der Waals surface area contributed by atoms with Crippen molar-refractivity contribution in [1.82, 2.24) is 0 Å². The van der Waals surface area contributed by atoms with Crippen molar-refractivity contribution in [1.29, 1.82) is 0 Å². The monoisotopic (exact) mass is 252 g/mol. The Morgan fingerprint density at radius 1 is 1.39 bits per heavy atom. The van der Waals surface area contributed by atoms with Gasteiger partial charge in [0.15, 0.2) is 0 Å². The number of carbonyl (C=O) groups is 1. The van der Waals surface area contributed by atoms with Gasteiger partial charge in [-0.05, 0) is 30.5 Å². The maximum atomic E-state index is 11.2. The van der Waals surface area contributed by atoms with E-state index in [-0.39, 0.29) is 31.1 Å². The molecular formula is C13H16O5. The van der Waals surface area contributed by atoms with E-state index in [0.29, 0.717) is 11.1 Å². The van der Waals surface area contributed by atoms with Gasteiger partial charge in [-0.3, -0.25) is 0 Å². The first kappa shape index (κ1) is 14.1. The molecule has 0 saturated heterocycles. The summed E-state index contributed by atoms with van der Waals surface area (Å²) < 4.78 is 4.73. The van der Waals surface area contributed by atoms with Crippen LogP contribution in [0.15, 0.2) is 29.8 Å².